The van der Waals surface area contributed by atoms with Gasteiger partial charge >= 0.3 is 0 Å². The first-order chi connectivity index (χ1) is 15.2. The molecule has 4 aromatic rings. The molecule has 0 atom stereocenters. The Kier molecular flexibility index (Phi) is 4.47. The summed E-state index contributed by atoms with van der Waals surface area (Å²) < 4.78 is 0. The van der Waals surface area contributed by atoms with Crippen LogP contribution in [0.15, 0.2) is 122 Å². The fourth-order valence-corrected chi connectivity index (χ4v) is 8.29. The predicted octanol–water partition coefficient (Wildman–Crippen LogP) is 6.81. The van der Waals surface area contributed by atoms with Gasteiger partial charge in [-0.15, -0.1) is 5.73 Å². The smallest absolute Gasteiger partial charge is 0.102 e. The standard InChI is InChI=1S/C29H22S2/c1-30-26-15-7-3-11-20(26)24(21-12-4-8-16-27(21)30)19-25-22-13-5-9-17-28(22)31(2)29-18-10-6-14-23(25)29/h3-18H,1-2H3/q+2. The summed E-state index contributed by atoms with van der Waals surface area (Å²) in [4.78, 5) is 5.66. The summed E-state index contributed by atoms with van der Waals surface area (Å²) in [6.45, 7) is 0. The molecule has 2 heterocycles. The van der Waals surface area contributed by atoms with Crippen molar-refractivity contribution >= 4 is 32.9 Å². The first-order valence-corrected chi connectivity index (χ1v) is 13.7. The maximum atomic E-state index is 3.97. The van der Waals surface area contributed by atoms with Gasteiger partial charge in [0.05, 0.1) is 21.8 Å². The third-order valence-corrected chi connectivity index (χ3v) is 10.3. The highest BCUT2D eigenvalue weighted by atomic mass is 32.2. The molecule has 0 saturated carbocycles. The van der Waals surface area contributed by atoms with Gasteiger partial charge in [-0.05, 0) is 48.5 Å². The largest absolute Gasteiger partial charge is 0.168 e. The molecule has 0 aromatic heterocycles. The molecule has 6 rings (SSSR count). The molecule has 31 heavy (non-hydrogen) atoms. The molecular weight excluding hydrogens is 412 g/mol. The molecule has 0 fully saturated rings. The van der Waals surface area contributed by atoms with Crippen LogP contribution in [0.25, 0.3) is 11.1 Å². The van der Waals surface area contributed by atoms with Gasteiger partial charge in [-0.25, -0.2) is 0 Å². The van der Waals surface area contributed by atoms with Crippen molar-refractivity contribution in [1.82, 2.24) is 0 Å². The van der Waals surface area contributed by atoms with E-state index in [4.69, 9.17) is 0 Å². The fourth-order valence-electron chi connectivity index (χ4n) is 4.68. The second kappa shape index (κ2) is 7.35. The number of rotatable bonds is 0. The minimum absolute atomic E-state index is 0.0680. The van der Waals surface area contributed by atoms with E-state index < -0.39 is 0 Å². The molecule has 2 aliphatic heterocycles. The Morgan fingerprint density at radius 1 is 0.419 bits per heavy atom. The Bertz CT molecular complexity index is 1200. The number of fused-ring (bicyclic) bond motifs is 4. The van der Waals surface area contributed by atoms with E-state index in [1.54, 1.807) is 0 Å². The highest BCUT2D eigenvalue weighted by Crippen LogP contribution is 2.44. The molecule has 0 aliphatic carbocycles. The van der Waals surface area contributed by atoms with E-state index in [2.05, 4.69) is 115 Å². The summed E-state index contributed by atoms with van der Waals surface area (Å²) in [5, 5.41) is 0. The zero-order chi connectivity index (χ0) is 20.9. The average Bonchev–Trinajstić information content (AvgIpc) is 2.84. The van der Waals surface area contributed by atoms with Crippen LogP contribution in [0.1, 0.15) is 22.3 Å². The molecule has 148 valence electrons. The van der Waals surface area contributed by atoms with Gasteiger partial charge in [0.2, 0.25) is 0 Å². The predicted molar refractivity (Wildman–Crippen MR) is 134 cm³/mol. The van der Waals surface area contributed by atoms with Crippen molar-refractivity contribution in [1.29, 1.82) is 0 Å². The van der Waals surface area contributed by atoms with E-state index in [1.165, 1.54) is 53.0 Å². The molecule has 4 aromatic carbocycles. The summed E-state index contributed by atoms with van der Waals surface area (Å²) in [5.41, 5.74) is 11.7. The Hall–Kier alpha value is -2.90. The van der Waals surface area contributed by atoms with Crippen molar-refractivity contribution in [2.24, 2.45) is 0 Å². The molecule has 0 unspecified atom stereocenters. The maximum absolute atomic E-state index is 3.97. The lowest BCUT2D eigenvalue weighted by molar-refractivity contribution is 1.26. The topological polar surface area (TPSA) is 0 Å². The van der Waals surface area contributed by atoms with Crippen molar-refractivity contribution in [3.05, 3.63) is 125 Å². The third-order valence-electron chi connectivity index (χ3n) is 6.20. The van der Waals surface area contributed by atoms with Crippen molar-refractivity contribution < 1.29 is 0 Å². The van der Waals surface area contributed by atoms with Crippen LogP contribution in [0.5, 0.6) is 0 Å². The lowest BCUT2D eigenvalue weighted by Crippen LogP contribution is -2.14. The molecule has 0 spiro atoms. The lowest BCUT2D eigenvalue weighted by Gasteiger charge is -2.21. The molecular formula is C29H22S2+2. The zero-order valence-electron chi connectivity index (χ0n) is 17.6. The summed E-state index contributed by atoms with van der Waals surface area (Å²) in [6.07, 6.45) is 4.69. The van der Waals surface area contributed by atoms with Gasteiger partial charge in [0.1, 0.15) is 12.5 Å². The van der Waals surface area contributed by atoms with Crippen LogP contribution >= 0.6 is 0 Å². The Labute approximate surface area is 189 Å². The Balaban J connectivity index is 1.76. The molecule has 0 saturated heterocycles. The highest BCUT2D eigenvalue weighted by molar-refractivity contribution is 7.96. The minimum Gasteiger partial charge on any atom is -0.102 e. The van der Waals surface area contributed by atoms with Crippen LogP contribution in [0, 0.1) is 0 Å². The molecule has 0 N–H and O–H groups in total. The zero-order valence-corrected chi connectivity index (χ0v) is 19.2. The lowest BCUT2D eigenvalue weighted by atomic mass is 9.92. The summed E-state index contributed by atoms with van der Waals surface area (Å²) in [7, 11) is 0.136. The van der Waals surface area contributed by atoms with E-state index in [9.17, 15) is 0 Å². The van der Waals surface area contributed by atoms with Gasteiger partial charge in [0, 0.05) is 33.4 Å². The van der Waals surface area contributed by atoms with E-state index in [0.717, 1.165) is 0 Å². The van der Waals surface area contributed by atoms with Gasteiger partial charge in [-0.2, -0.15) is 0 Å². The quantitative estimate of drug-likeness (QED) is 0.211. The number of benzene rings is 4. The van der Waals surface area contributed by atoms with Crippen LogP contribution in [0.4, 0.5) is 0 Å². The molecule has 2 aliphatic rings. The van der Waals surface area contributed by atoms with Crippen LogP contribution in [0.2, 0.25) is 0 Å². The highest BCUT2D eigenvalue weighted by Gasteiger charge is 2.36. The van der Waals surface area contributed by atoms with Crippen molar-refractivity contribution in [3.63, 3.8) is 0 Å². The normalized spacial score (nSPS) is 18.4. The van der Waals surface area contributed by atoms with Gasteiger partial charge in [-0.1, -0.05) is 48.5 Å². The first-order valence-electron chi connectivity index (χ1n) is 10.4. The van der Waals surface area contributed by atoms with Gasteiger partial charge in [0.25, 0.3) is 0 Å². The Morgan fingerprint density at radius 2 is 0.677 bits per heavy atom. The molecule has 0 radical (unpaired) electrons. The molecule has 0 amide bonds. The second-order valence-corrected chi connectivity index (χ2v) is 11.7. The van der Waals surface area contributed by atoms with Crippen molar-refractivity contribution in [2.45, 2.75) is 19.6 Å². The van der Waals surface area contributed by atoms with Crippen LogP contribution < -0.4 is 0 Å². The first kappa shape index (κ1) is 18.8. The monoisotopic (exact) mass is 434 g/mol. The van der Waals surface area contributed by atoms with Crippen LogP contribution in [-0.4, -0.2) is 12.5 Å². The summed E-state index contributed by atoms with van der Waals surface area (Å²) >= 11 is 0. The average molecular weight is 435 g/mol. The Morgan fingerprint density at radius 3 is 0.968 bits per heavy atom. The molecule has 0 nitrogen and oxygen atoms in total. The minimum atomic E-state index is 0.0680. The molecule has 0 bridgehead atoms. The number of hydrogen-bond acceptors (Lipinski definition) is 0. The number of hydrogen-bond donors (Lipinski definition) is 0. The SMILES string of the molecule is C[S+]1c2ccccc2C(=C=C2c3ccccc3[S+](C)c3ccccc32)c2ccccc21. The van der Waals surface area contributed by atoms with Crippen LogP contribution in [-0.2, 0) is 21.8 Å². The maximum Gasteiger partial charge on any atom is 0.168 e. The van der Waals surface area contributed by atoms with E-state index >= 15 is 0 Å². The van der Waals surface area contributed by atoms with Crippen molar-refractivity contribution in [3.8, 4) is 0 Å². The fraction of sp³-hybridized carbons (Fsp3) is 0.0690. The summed E-state index contributed by atoms with van der Waals surface area (Å²) in [5.74, 6) is 0. The third kappa shape index (κ3) is 2.87. The van der Waals surface area contributed by atoms with E-state index in [1.807, 2.05) is 0 Å². The van der Waals surface area contributed by atoms with Crippen molar-refractivity contribution in [2.75, 3.05) is 12.5 Å². The van der Waals surface area contributed by atoms with E-state index in [0.29, 0.717) is 0 Å². The summed E-state index contributed by atoms with van der Waals surface area (Å²) in [6, 6.07) is 35.5. The van der Waals surface area contributed by atoms with E-state index in [-0.39, 0.29) is 21.8 Å². The van der Waals surface area contributed by atoms with Gasteiger partial charge in [0.15, 0.2) is 19.6 Å². The second-order valence-electron chi connectivity index (χ2n) is 7.88. The van der Waals surface area contributed by atoms with Crippen LogP contribution in [0.3, 0.4) is 0 Å². The van der Waals surface area contributed by atoms with Gasteiger partial charge in [-0.3, -0.25) is 0 Å². The van der Waals surface area contributed by atoms with Gasteiger partial charge < -0.3 is 0 Å². The molecule has 2 heteroatoms.